The molecule has 2 aromatic rings. The number of morpholine rings is 1. The number of nitrogens with zero attached hydrogens (tertiary/aromatic N) is 2. The maximum absolute atomic E-state index is 12.5. The van der Waals surface area contributed by atoms with Crippen molar-refractivity contribution in [1.29, 1.82) is 0 Å². The van der Waals surface area contributed by atoms with Crippen molar-refractivity contribution in [2.24, 2.45) is 0 Å². The Kier molecular flexibility index (Phi) is 6.75. The zero-order valence-corrected chi connectivity index (χ0v) is 16.8. The van der Waals surface area contributed by atoms with Crippen LogP contribution in [0.5, 0.6) is 5.75 Å². The maximum atomic E-state index is 12.5. The molecule has 6 nitrogen and oxygen atoms in total. The average Bonchev–Trinajstić information content (AvgIpc) is 2.77. The van der Waals surface area contributed by atoms with E-state index < -0.39 is 0 Å². The molecule has 1 saturated carbocycles. The van der Waals surface area contributed by atoms with Gasteiger partial charge in [-0.25, -0.2) is 4.98 Å². The van der Waals surface area contributed by atoms with Crippen molar-refractivity contribution in [3.05, 3.63) is 53.7 Å². The molecule has 0 spiro atoms. The van der Waals surface area contributed by atoms with E-state index in [0.29, 0.717) is 17.5 Å². The van der Waals surface area contributed by atoms with Gasteiger partial charge in [0.1, 0.15) is 11.6 Å². The third kappa shape index (κ3) is 5.78. The van der Waals surface area contributed by atoms with Crippen LogP contribution in [0.25, 0.3) is 0 Å². The van der Waals surface area contributed by atoms with Crippen LogP contribution < -0.4 is 10.1 Å². The van der Waals surface area contributed by atoms with Crippen molar-refractivity contribution < 1.29 is 14.3 Å². The second kappa shape index (κ2) is 9.85. The van der Waals surface area contributed by atoms with Crippen LogP contribution in [-0.4, -0.2) is 48.2 Å². The van der Waals surface area contributed by atoms with Gasteiger partial charge in [-0.3, -0.25) is 9.69 Å². The summed E-state index contributed by atoms with van der Waals surface area (Å²) in [4.78, 5) is 19.2. The molecule has 2 aliphatic rings. The number of hydrogen-bond acceptors (Lipinski definition) is 5. The summed E-state index contributed by atoms with van der Waals surface area (Å²) in [5.74, 6) is 1.23. The number of nitrogens with one attached hydrogen (secondary N) is 1. The third-order valence-electron chi connectivity index (χ3n) is 5.55. The van der Waals surface area contributed by atoms with Crippen LogP contribution in [0.1, 0.15) is 48.0 Å². The summed E-state index contributed by atoms with van der Waals surface area (Å²) < 4.78 is 11.4. The number of benzene rings is 1. The van der Waals surface area contributed by atoms with E-state index in [4.69, 9.17) is 9.47 Å². The highest BCUT2D eigenvalue weighted by Crippen LogP contribution is 2.23. The number of carbonyl (C=O) groups is 1. The van der Waals surface area contributed by atoms with Gasteiger partial charge in [-0.15, -0.1) is 0 Å². The molecule has 0 radical (unpaired) electrons. The molecule has 2 fully saturated rings. The molecule has 0 atom stereocenters. The summed E-state index contributed by atoms with van der Waals surface area (Å²) in [7, 11) is 0. The summed E-state index contributed by atoms with van der Waals surface area (Å²) in [6.45, 7) is 4.31. The van der Waals surface area contributed by atoms with Crippen molar-refractivity contribution in [1.82, 2.24) is 9.88 Å². The van der Waals surface area contributed by atoms with Gasteiger partial charge in [0.05, 0.1) is 19.3 Å². The number of carbonyl (C=O) groups excluding carboxylic acids is 1. The average molecular weight is 396 g/mol. The van der Waals surface area contributed by atoms with Gasteiger partial charge in [0.15, 0.2) is 0 Å². The van der Waals surface area contributed by atoms with Crippen LogP contribution in [0.4, 0.5) is 5.82 Å². The van der Waals surface area contributed by atoms with Crippen molar-refractivity contribution in [3.63, 3.8) is 0 Å². The van der Waals surface area contributed by atoms with Gasteiger partial charge < -0.3 is 14.8 Å². The van der Waals surface area contributed by atoms with Crippen LogP contribution in [0.3, 0.4) is 0 Å². The highest BCUT2D eigenvalue weighted by atomic mass is 16.5. The molecule has 29 heavy (non-hydrogen) atoms. The lowest BCUT2D eigenvalue weighted by atomic mass is 9.98. The minimum atomic E-state index is -0.164. The van der Waals surface area contributed by atoms with Crippen molar-refractivity contribution in [2.45, 2.75) is 44.8 Å². The first kappa shape index (κ1) is 19.9. The van der Waals surface area contributed by atoms with Crippen LogP contribution >= 0.6 is 0 Å². The van der Waals surface area contributed by atoms with Gasteiger partial charge in [-0.05, 0) is 61.6 Å². The summed E-state index contributed by atoms with van der Waals surface area (Å²) in [6, 6.07) is 11.2. The minimum Gasteiger partial charge on any atom is -0.490 e. The fraction of sp³-hybridized carbons (Fsp3) is 0.478. The fourth-order valence-corrected chi connectivity index (χ4v) is 3.86. The number of anilines is 1. The lowest BCUT2D eigenvalue weighted by Gasteiger charge is -2.26. The normalized spacial score (nSPS) is 18.3. The van der Waals surface area contributed by atoms with Gasteiger partial charge >= 0.3 is 0 Å². The Morgan fingerprint density at radius 3 is 2.52 bits per heavy atom. The Labute approximate surface area is 172 Å². The number of rotatable bonds is 6. The first-order valence-corrected chi connectivity index (χ1v) is 10.6. The molecular weight excluding hydrogens is 366 g/mol. The molecule has 1 aromatic carbocycles. The SMILES string of the molecule is O=C(Nc1ccc(CN2CCOCC2)cn1)c1ccc(OC2CCCCC2)cc1. The number of pyridine rings is 1. The molecular formula is C23H29N3O3. The second-order valence-electron chi connectivity index (χ2n) is 7.80. The van der Waals surface area contributed by atoms with Gasteiger partial charge in [0.25, 0.3) is 5.91 Å². The van der Waals surface area contributed by atoms with E-state index in [2.05, 4.69) is 15.2 Å². The Bertz CT molecular complexity index is 780. The lowest BCUT2D eigenvalue weighted by Crippen LogP contribution is -2.35. The molecule has 4 rings (SSSR count). The van der Waals surface area contributed by atoms with E-state index in [-0.39, 0.29) is 5.91 Å². The van der Waals surface area contributed by atoms with Gasteiger partial charge in [0.2, 0.25) is 0 Å². The van der Waals surface area contributed by atoms with Gasteiger partial charge in [0, 0.05) is 31.4 Å². The zero-order chi connectivity index (χ0) is 19.9. The molecule has 1 aromatic heterocycles. The lowest BCUT2D eigenvalue weighted by molar-refractivity contribution is 0.0341. The van der Waals surface area contributed by atoms with Gasteiger partial charge in [-0.1, -0.05) is 12.5 Å². The van der Waals surface area contributed by atoms with Gasteiger partial charge in [-0.2, -0.15) is 0 Å². The Hall–Kier alpha value is -2.44. The topological polar surface area (TPSA) is 63.7 Å². The quantitative estimate of drug-likeness (QED) is 0.804. The molecule has 1 aliphatic heterocycles. The number of hydrogen-bond donors (Lipinski definition) is 1. The van der Waals surface area contributed by atoms with Crippen LogP contribution in [0.2, 0.25) is 0 Å². The maximum Gasteiger partial charge on any atom is 0.256 e. The monoisotopic (exact) mass is 395 g/mol. The molecule has 1 amide bonds. The highest BCUT2D eigenvalue weighted by Gasteiger charge is 2.15. The number of amides is 1. The van der Waals surface area contributed by atoms with Crippen LogP contribution in [0, 0.1) is 0 Å². The van der Waals surface area contributed by atoms with E-state index in [1.807, 2.05) is 30.5 Å². The summed E-state index contributed by atoms with van der Waals surface area (Å²) in [6.07, 6.45) is 8.16. The summed E-state index contributed by atoms with van der Waals surface area (Å²) in [5.41, 5.74) is 1.73. The largest absolute Gasteiger partial charge is 0.490 e. The molecule has 1 saturated heterocycles. The number of ether oxygens (including phenoxy) is 2. The van der Waals surface area contributed by atoms with Crippen molar-refractivity contribution >= 4 is 11.7 Å². The third-order valence-corrected chi connectivity index (χ3v) is 5.55. The Morgan fingerprint density at radius 1 is 1.07 bits per heavy atom. The van der Waals surface area contributed by atoms with Crippen molar-refractivity contribution in [2.75, 3.05) is 31.6 Å². The summed E-state index contributed by atoms with van der Waals surface area (Å²) >= 11 is 0. The Morgan fingerprint density at radius 2 is 1.83 bits per heavy atom. The predicted octanol–water partition coefficient (Wildman–Crippen LogP) is 3.88. The predicted molar refractivity (Wildman–Crippen MR) is 112 cm³/mol. The molecule has 0 unspecified atom stereocenters. The highest BCUT2D eigenvalue weighted by molar-refractivity contribution is 6.03. The standard InChI is InChI=1S/C23H29N3O3/c27-23(19-7-9-21(10-8-19)29-20-4-2-1-3-5-20)25-22-11-6-18(16-24-22)17-26-12-14-28-15-13-26/h6-11,16,20H,1-5,12-15,17H2,(H,24,25,27). The van der Waals surface area contributed by atoms with E-state index in [1.54, 1.807) is 12.1 Å². The fourth-order valence-electron chi connectivity index (χ4n) is 3.86. The minimum absolute atomic E-state index is 0.164. The molecule has 6 heteroatoms. The molecule has 1 aliphatic carbocycles. The van der Waals surface area contributed by atoms with Crippen LogP contribution in [0.15, 0.2) is 42.6 Å². The van der Waals surface area contributed by atoms with E-state index in [9.17, 15) is 4.79 Å². The Balaban J connectivity index is 1.29. The van der Waals surface area contributed by atoms with E-state index >= 15 is 0 Å². The summed E-state index contributed by atoms with van der Waals surface area (Å²) in [5, 5.41) is 2.87. The van der Waals surface area contributed by atoms with E-state index in [1.165, 1.54) is 19.3 Å². The van der Waals surface area contributed by atoms with Crippen molar-refractivity contribution in [3.8, 4) is 5.75 Å². The van der Waals surface area contributed by atoms with Crippen LogP contribution in [-0.2, 0) is 11.3 Å². The smallest absolute Gasteiger partial charge is 0.256 e. The molecule has 0 bridgehead atoms. The molecule has 2 heterocycles. The zero-order valence-electron chi connectivity index (χ0n) is 16.8. The van der Waals surface area contributed by atoms with E-state index in [0.717, 1.165) is 57.0 Å². The first-order chi connectivity index (χ1) is 14.3. The molecule has 1 N–H and O–H groups in total. The number of aromatic nitrogens is 1. The second-order valence-corrected chi connectivity index (χ2v) is 7.80. The molecule has 154 valence electrons. The first-order valence-electron chi connectivity index (χ1n) is 10.6.